The zero-order valence-corrected chi connectivity index (χ0v) is 21.4. The summed E-state index contributed by atoms with van der Waals surface area (Å²) in [6.07, 6.45) is 0. The molecule has 4 aromatic rings. The molecule has 0 saturated heterocycles. The standard InChI is InChI=1S/C28H21ClN2O5S/c1-15-26(37-27(30-15)16-9-5-3-6-10-16)24(33)21-22(17-13-19(29)23(32)20(14-17)36-2)31(28(35)25(21)34)18-11-7-4-8-12-18/h3-14,22,32,34H,1-2H3. The summed E-state index contributed by atoms with van der Waals surface area (Å²) < 4.78 is 5.26. The SMILES string of the molecule is COc1cc(C2C(C(=O)c3sc(-c4ccccc4)nc3C)=C(O)C(=O)N2c2ccccc2)cc(Cl)c1O. The monoisotopic (exact) mass is 532 g/mol. The van der Waals surface area contributed by atoms with Crippen LogP contribution in [-0.4, -0.2) is 34.0 Å². The number of ether oxygens (including phenoxy) is 1. The first-order chi connectivity index (χ1) is 17.8. The molecule has 7 nitrogen and oxygen atoms in total. The third-order valence-electron chi connectivity index (χ3n) is 6.10. The van der Waals surface area contributed by atoms with Crippen molar-refractivity contribution in [2.45, 2.75) is 13.0 Å². The summed E-state index contributed by atoms with van der Waals surface area (Å²) >= 11 is 7.47. The number of aromatic nitrogens is 1. The lowest BCUT2D eigenvalue weighted by Crippen LogP contribution is -2.31. The number of aromatic hydroxyl groups is 1. The zero-order chi connectivity index (χ0) is 26.3. The number of aryl methyl sites for hydroxylation is 1. The van der Waals surface area contributed by atoms with Crippen molar-refractivity contribution in [3.63, 3.8) is 0 Å². The fourth-order valence-corrected chi connectivity index (χ4v) is 5.59. The summed E-state index contributed by atoms with van der Waals surface area (Å²) in [5.41, 5.74) is 2.09. The van der Waals surface area contributed by atoms with Gasteiger partial charge in [-0.15, -0.1) is 11.3 Å². The number of carbonyl (C=O) groups is 2. The van der Waals surface area contributed by atoms with E-state index in [4.69, 9.17) is 16.3 Å². The number of thiazole rings is 1. The van der Waals surface area contributed by atoms with Crippen LogP contribution < -0.4 is 9.64 Å². The number of halogens is 1. The maximum atomic E-state index is 14.0. The Morgan fingerprint density at radius 1 is 1.05 bits per heavy atom. The van der Waals surface area contributed by atoms with Gasteiger partial charge in [0.2, 0.25) is 5.78 Å². The van der Waals surface area contributed by atoms with Crippen LogP contribution in [0.5, 0.6) is 11.5 Å². The van der Waals surface area contributed by atoms with Gasteiger partial charge in [0.15, 0.2) is 17.3 Å². The Balaban J connectivity index is 1.67. The molecule has 0 fully saturated rings. The van der Waals surface area contributed by atoms with Crippen LogP contribution in [0.2, 0.25) is 5.02 Å². The van der Waals surface area contributed by atoms with Gasteiger partial charge in [0.25, 0.3) is 5.91 Å². The van der Waals surface area contributed by atoms with Gasteiger partial charge >= 0.3 is 0 Å². The third kappa shape index (κ3) is 4.24. The molecule has 1 unspecified atom stereocenters. The number of nitrogens with zero attached hydrogens (tertiary/aromatic N) is 2. The van der Waals surface area contributed by atoms with Crippen LogP contribution in [0.15, 0.2) is 84.1 Å². The number of anilines is 1. The number of benzene rings is 3. The normalized spacial score (nSPS) is 15.4. The molecule has 0 aliphatic carbocycles. The Morgan fingerprint density at radius 2 is 1.70 bits per heavy atom. The van der Waals surface area contributed by atoms with Crippen LogP contribution >= 0.6 is 22.9 Å². The van der Waals surface area contributed by atoms with E-state index in [0.717, 1.165) is 5.56 Å². The van der Waals surface area contributed by atoms with Crippen LogP contribution in [-0.2, 0) is 4.79 Å². The summed E-state index contributed by atoms with van der Waals surface area (Å²) in [7, 11) is 1.37. The summed E-state index contributed by atoms with van der Waals surface area (Å²) in [6.45, 7) is 1.72. The van der Waals surface area contributed by atoms with Gasteiger partial charge in [-0.25, -0.2) is 4.98 Å². The molecule has 1 aliphatic heterocycles. The predicted molar refractivity (Wildman–Crippen MR) is 143 cm³/mol. The molecule has 0 radical (unpaired) electrons. The number of aliphatic hydroxyl groups excluding tert-OH is 1. The lowest BCUT2D eigenvalue weighted by molar-refractivity contribution is -0.117. The molecule has 9 heteroatoms. The number of methoxy groups -OCH3 is 1. The molecule has 186 valence electrons. The molecular formula is C28H21ClN2O5S. The number of amides is 1. The van der Waals surface area contributed by atoms with E-state index < -0.39 is 23.5 Å². The number of ketones is 1. The van der Waals surface area contributed by atoms with Crippen molar-refractivity contribution >= 4 is 40.3 Å². The van der Waals surface area contributed by atoms with Crippen molar-refractivity contribution in [1.82, 2.24) is 4.98 Å². The van der Waals surface area contributed by atoms with Crippen molar-refractivity contribution in [3.8, 4) is 22.1 Å². The zero-order valence-electron chi connectivity index (χ0n) is 19.8. The quantitative estimate of drug-likeness (QED) is 0.284. The molecule has 5 rings (SSSR count). The van der Waals surface area contributed by atoms with Gasteiger partial charge in [-0.05, 0) is 36.8 Å². The Labute approximate surface area is 221 Å². The Hall–Kier alpha value is -4.14. The maximum absolute atomic E-state index is 14.0. The van der Waals surface area contributed by atoms with E-state index in [9.17, 15) is 19.8 Å². The van der Waals surface area contributed by atoms with Crippen molar-refractivity contribution in [2.75, 3.05) is 12.0 Å². The van der Waals surface area contributed by atoms with Gasteiger partial charge in [-0.2, -0.15) is 0 Å². The van der Waals surface area contributed by atoms with E-state index in [2.05, 4.69) is 4.98 Å². The number of carbonyl (C=O) groups excluding carboxylic acids is 2. The number of Topliss-reactive ketones (excluding diaryl/α,β-unsaturated/α-hetero) is 1. The fraction of sp³-hybridized carbons (Fsp3) is 0.107. The van der Waals surface area contributed by atoms with Crippen LogP contribution in [0, 0.1) is 6.92 Å². The van der Waals surface area contributed by atoms with Crippen LogP contribution in [0.4, 0.5) is 5.69 Å². The second kappa shape index (κ2) is 9.72. The van der Waals surface area contributed by atoms with Crippen molar-refractivity contribution in [1.29, 1.82) is 0 Å². The lowest BCUT2D eigenvalue weighted by atomic mass is 9.94. The van der Waals surface area contributed by atoms with E-state index in [0.29, 0.717) is 26.8 Å². The largest absolute Gasteiger partial charge is 0.503 e. The fourth-order valence-electron chi connectivity index (χ4n) is 4.35. The first-order valence-corrected chi connectivity index (χ1v) is 12.5. The summed E-state index contributed by atoms with van der Waals surface area (Å²) in [4.78, 5) is 33.6. The topological polar surface area (TPSA) is 100.0 Å². The van der Waals surface area contributed by atoms with Crippen molar-refractivity contribution < 1.29 is 24.5 Å². The molecular weight excluding hydrogens is 512 g/mol. The van der Waals surface area contributed by atoms with Crippen molar-refractivity contribution in [2.24, 2.45) is 0 Å². The van der Waals surface area contributed by atoms with E-state index in [1.54, 1.807) is 37.3 Å². The first kappa shape index (κ1) is 24.5. The molecule has 1 aromatic heterocycles. The number of para-hydroxylation sites is 1. The molecule has 1 aliphatic rings. The number of hydrogen-bond acceptors (Lipinski definition) is 7. The number of aliphatic hydroxyl groups is 1. The van der Waals surface area contributed by atoms with Gasteiger partial charge in [0, 0.05) is 11.3 Å². The molecule has 0 spiro atoms. The number of hydrogen-bond donors (Lipinski definition) is 2. The lowest BCUT2D eigenvalue weighted by Gasteiger charge is -2.27. The van der Waals surface area contributed by atoms with Crippen LogP contribution in [0.1, 0.15) is 27.0 Å². The number of rotatable bonds is 6. The highest BCUT2D eigenvalue weighted by atomic mass is 35.5. The van der Waals surface area contributed by atoms with Crippen LogP contribution in [0.25, 0.3) is 10.6 Å². The van der Waals surface area contributed by atoms with E-state index in [-0.39, 0.29) is 22.1 Å². The van der Waals surface area contributed by atoms with Crippen LogP contribution in [0.3, 0.4) is 0 Å². The van der Waals surface area contributed by atoms with Crippen molar-refractivity contribution in [3.05, 3.63) is 105 Å². The highest BCUT2D eigenvalue weighted by Gasteiger charge is 2.45. The summed E-state index contributed by atoms with van der Waals surface area (Å²) in [5.74, 6) is -2.10. The van der Waals surface area contributed by atoms with E-state index in [1.807, 2.05) is 30.3 Å². The maximum Gasteiger partial charge on any atom is 0.294 e. The second-order valence-electron chi connectivity index (χ2n) is 8.36. The molecule has 1 amide bonds. The van der Waals surface area contributed by atoms with E-state index in [1.165, 1.54) is 35.5 Å². The smallest absolute Gasteiger partial charge is 0.294 e. The molecule has 37 heavy (non-hydrogen) atoms. The first-order valence-electron chi connectivity index (χ1n) is 11.3. The summed E-state index contributed by atoms with van der Waals surface area (Å²) in [6, 6.07) is 20.1. The average Bonchev–Trinajstić information content (AvgIpc) is 3.43. The minimum atomic E-state index is -1.03. The second-order valence-corrected chi connectivity index (χ2v) is 9.76. The highest BCUT2D eigenvalue weighted by Crippen LogP contribution is 2.46. The predicted octanol–water partition coefficient (Wildman–Crippen LogP) is 6.27. The summed E-state index contributed by atoms with van der Waals surface area (Å²) in [5, 5.41) is 22.0. The van der Waals surface area contributed by atoms with Gasteiger partial charge in [-0.3, -0.25) is 14.5 Å². The Morgan fingerprint density at radius 3 is 2.35 bits per heavy atom. The number of phenols is 1. The molecule has 0 bridgehead atoms. The van der Waals surface area contributed by atoms with E-state index >= 15 is 0 Å². The van der Waals surface area contributed by atoms with Gasteiger partial charge in [0.05, 0.1) is 34.3 Å². The molecule has 3 aromatic carbocycles. The molecule has 1 atom stereocenters. The minimum absolute atomic E-state index is 0.0201. The van der Waals surface area contributed by atoms with Gasteiger partial charge in [0.1, 0.15) is 5.01 Å². The van der Waals surface area contributed by atoms with Gasteiger partial charge in [-0.1, -0.05) is 60.1 Å². The minimum Gasteiger partial charge on any atom is -0.503 e. The third-order valence-corrected chi connectivity index (χ3v) is 7.59. The Kier molecular flexibility index (Phi) is 6.45. The molecule has 2 N–H and O–H groups in total. The Bertz CT molecular complexity index is 1550. The molecule has 0 saturated carbocycles. The number of phenolic OH excluding ortho intramolecular Hbond substituents is 1. The highest BCUT2D eigenvalue weighted by molar-refractivity contribution is 7.17. The molecule has 2 heterocycles. The van der Waals surface area contributed by atoms with Gasteiger partial charge < -0.3 is 14.9 Å². The average molecular weight is 533 g/mol.